The largest absolute Gasteiger partial charge is 0.433 e. The number of anilines is 1. The van der Waals surface area contributed by atoms with Gasteiger partial charge in [0.15, 0.2) is 5.76 Å². The molecule has 6 nitrogen and oxygen atoms in total. The molecule has 0 unspecified atom stereocenters. The highest BCUT2D eigenvalue weighted by molar-refractivity contribution is 5.44. The second-order valence-corrected chi connectivity index (χ2v) is 7.34. The second-order valence-electron chi connectivity index (χ2n) is 7.34. The maximum absolute atomic E-state index is 13.0. The molecule has 0 aromatic carbocycles. The van der Waals surface area contributed by atoms with Crippen LogP contribution in [0, 0.1) is 6.92 Å². The lowest BCUT2D eigenvalue weighted by Crippen LogP contribution is -2.46. The lowest BCUT2D eigenvalue weighted by molar-refractivity contribution is -0.141. The van der Waals surface area contributed by atoms with Crippen molar-refractivity contribution in [1.82, 2.24) is 20.0 Å². The Morgan fingerprint density at radius 2 is 1.81 bits per heavy atom. The average molecular weight is 381 g/mol. The van der Waals surface area contributed by atoms with Gasteiger partial charge in [0.05, 0.1) is 12.2 Å². The van der Waals surface area contributed by atoms with E-state index in [-0.39, 0.29) is 12.1 Å². The van der Waals surface area contributed by atoms with Crippen LogP contribution >= 0.6 is 0 Å². The number of piperidine rings is 1. The van der Waals surface area contributed by atoms with Crippen molar-refractivity contribution < 1.29 is 17.7 Å². The predicted octanol–water partition coefficient (Wildman–Crippen LogP) is 3.43. The van der Waals surface area contributed by atoms with Gasteiger partial charge in [0, 0.05) is 37.3 Å². The van der Waals surface area contributed by atoms with E-state index in [9.17, 15) is 13.2 Å². The number of aromatic nitrogens is 3. The summed E-state index contributed by atoms with van der Waals surface area (Å²) in [5, 5.41) is 3.91. The molecule has 0 N–H and O–H groups in total. The SMILES string of the molecule is Cc1cc(CN2CCC(N(c3cc(C(F)(F)F)ncn3)C3CC3)CC2)on1. The standard InChI is InChI=1S/C18H22F3N5O/c1-12-8-15(27-24-12)10-25-6-4-14(5-7-25)26(13-2-3-13)17-9-16(18(19,20)21)22-11-23-17/h8-9,11,13-14H,2-7,10H2,1H3. The fourth-order valence-corrected chi connectivity index (χ4v) is 3.74. The minimum absolute atomic E-state index is 0.196. The van der Waals surface area contributed by atoms with Gasteiger partial charge in [0.2, 0.25) is 0 Å². The number of nitrogens with zero attached hydrogens (tertiary/aromatic N) is 5. The van der Waals surface area contributed by atoms with E-state index in [1.807, 2.05) is 13.0 Å². The Morgan fingerprint density at radius 3 is 2.41 bits per heavy atom. The van der Waals surface area contributed by atoms with Gasteiger partial charge in [-0.05, 0) is 32.6 Å². The fraction of sp³-hybridized carbons (Fsp3) is 0.611. The molecule has 146 valence electrons. The highest BCUT2D eigenvalue weighted by Crippen LogP contribution is 2.37. The van der Waals surface area contributed by atoms with Crippen LogP contribution in [0.1, 0.15) is 42.8 Å². The van der Waals surface area contributed by atoms with Crippen molar-refractivity contribution in [2.45, 2.75) is 57.4 Å². The summed E-state index contributed by atoms with van der Waals surface area (Å²) in [6.45, 7) is 4.34. The molecule has 1 aliphatic heterocycles. The summed E-state index contributed by atoms with van der Waals surface area (Å²) in [4.78, 5) is 11.9. The van der Waals surface area contributed by atoms with Gasteiger partial charge < -0.3 is 9.42 Å². The van der Waals surface area contributed by atoms with Crippen molar-refractivity contribution in [3.63, 3.8) is 0 Å². The van der Waals surface area contributed by atoms with Crippen LogP contribution in [0.3, 0.4) is 0 Å². The molecule has 1 saturated carbocycles. The van der Waals surface area contributed by atoms with E-state index in [1.165, 1.54) is 0 Å². The van der Waals surface area contributed by atoms with E-state index in [2.05, 4.69) is 24.9 Å². The van der Waals surface area contributed by atoms with Crippen molar-refractivity contribution >= 4 is 5.82 Å². The van der Waals surface area contributed by atoms with E-state index in [0.717, 1.165) is 62.6 Å². The first-order chi connectivity index (χ1) is 12.9. The Kier molecular flexibility index (Phi) is 4.79. The summed E-state index contributed by atoms with van der Waals surface area (Å²) in [7, 11) is 0. The second kappa shape index (κ2) is 7.10. The van der Waals surface area contributed by atoms with Crippen molar-refractivity contribution in [3.05, 3.63) is 35.6 Å². The Morgan fingerprint density at radius 1 is 1.11 bits per heavy atom. The third-order valence-corrected chi connectivity index (χ3v) is 5.15. The first kappa shape index (κ1) is 18.2. The molecule has 2 fully saturated rings. The minimum Gasteiger partial charge on any atom is -0.360 e. The molecule has 0 bridgehead atoms. The molecule has 4 rings (SSSR count). The van der Waals surface area contributed by atoms with Gasteiger partial charge in [0.25, 0.3) is 0 Å². The van der Waals surface area contributed by atoms with Crippen molar-refractivity contribution in [2.24, 2.45) is 0 Å². The van der Waals surface area contributed by atoms with Crippen LogP contribution in [0.5, 0.6) is 0 Å². The first-order valence-corrected chi connectivity index (χ1v) is 9.22. The monoisotopic (exact) mass is 381 g/mol. The molecule has 1 aliphatic carbocycles. The molecule has 2 aliphatic rings. The summed E-state index contributed by atoms with van der Waals surface area (Å²) in [5.74, 6) is 1.24. The summed E-state index contributed by atoms with van der Waals surface area (Å²) in [6, 6.07) is 3.50. The molecular weight excluding hydrogens is 359 g/mol. The number of rotatable bonds is 5. The lowest BCUT2D eigenvalue weighted by atomic mass is 10.0. The fourth-order valence-electron chi connectivity index (χ4n) is 3.74. The van der Waals surface area contributed by atoms with E-state index in [1.54, 1.807) is 0 Å². The molecule has 0 radical (unpaired) electrons. The molecule has 1 saturated heterocycles. The van der Waals surface area contributed by atoms with Crippen LogP contribution < -0.4 is 4.90 Å². The van der Waals surface area contributed by atoms with Crippen molar-refractivity contribution in [3.8, 4) is 0 Å². The Bertz CT molecular complexity index is 781. The zero-order chi connectivity index (χ0) is 19.0. The molecule has 2 aromatic rings. The number of hydrogen-bond donors (Lipinski definition) is 0. The lowest BCUT2D eigenvalue weighted by Gasteiger charge is -2.39. The Balaban J connectivity index is 1.44. The van der Waals surface area contributed by atoms with Crippen LogP contribution in [0.2, 0.25) is 0 Å². The number of alkyl halides is 3. The Labute approximate surface area is 155 Å². The number of halogens is 3. The average Bonchev–Trinajstić information content (AvgIpc) is 3.38. The zero-order valence-corrected chi connectivity index (χ0v) is 15.1. The predicted molar refractivity (Wildman–Crippen MR) is 92.1 cm³/mol. The number of aryl methyl sites for hydroxylation is 1. The van der Waals surface area contributed by atoms with Crippen LogP contribution in [0.15, 0.2) is 23.0 Å². The van der Waals surface area contributed by atoms with E-state index in [0.29, 0.717) is 12.4 Å². The van der Waals surface area contributed by atoms with Gasteiger partial charge in [-0.3, -0.25) is 4.90 Å². The van der Waals surface area contributed by atoms with Crippen molar-refractivity contribution in [1.29, 1.82) is 0 Å². The molecule has 3 heterocycles. The van der Waals surface area contributed by atoms with Gasteiger partial charge in [-0.2, -0.15) is 13.2 Å². The van der Waals surface area contributed by atoms with Crippen LogP contribution in [0.25, 0.3) is 0 Å². The first-order valence-electron chi connectivity index (χ1n) is 9.22. The Hall–Kier alpha value is -2.16. The third kappa shape index (κ3) is 4.23. The maximum Gasteiger partial charge on any atom is 0.433 e. The topological polar surface area (TPSA) is 58.3 Å². The summed E-state index contributed by atoms with van der Waals surface area (Å²) >= 11 is 0. The molecule has 9 heteroatoms. The van der Waals surface area contributed by atoms with Gasteiger partial charge in [0.1, 0.15) is 17.8 Å². The van der Waals surface area contributed by atoms with Crippen molar-refractivity contribution in [2.75, 3.05) is 18.0 Å². The molecule has 0 amide bonds. The molecule has 2 aromatic heterocycles. The third-order valence-electron chi connectivity index (χ3n) is 5.15. The highest BCUT2D eigenvalue weighted by atomic mass is 19.4. The quantitative estimate of drug-likeness (QED) is 0.791. The van der Waals surface area contributed by atoms with Crippen LogP contribution in [0.4, 0.5) is 19.0 Å². The van der Waals surface area contributed by atoms with E-state index >= 15 is 0 Å². The molecule has 0 atom stereocenters. The smallest absolute Gasteiger partial charge is 0.360 e. The van der Waals surface area contributed by atoms with Gasteiger partial charge in [-0.15, -0.1) is 0 Å². The highest BCUT2D eigenvalue weighted by Gasteiger charge is 2.39. The van der Waals surface area contributed by atoms with Crippen LogP contribution in [-0.2, 0) is 12.7 Å². The van der Waals surface area contributed by atoms with Crippen LogP contribution in [-0.4, -0.2) is 45.2 Å². The van der Waals surface area contributed by atoms with E-state index < -0.39 is 11.9 Å². The number of hydrogen-bond acceptors (Lipinski definition) is 6. The minimum atomic E-state index is -4.45. The summed E-state index contributed by atoms with van der Waals surface area (Å²) in [6.07, 6.45) is 0.343. The van der Waals surface area contributed by atoms with Gasteiger partial charge >= 0.3 is 6.18 Å². The normalized spacial score (nSPS) is 19.4. The summed E-state index contributed by atoms with van der Waals surface area (Å²) in [5.41, 5.74) is -0.0136. The van der Waals surface area contributed by atoms with Gasteiger partial charge in [-0.25, -0.2) is 9.97 Å². The zero-order valence-electron chi connectivity index (χ0n) is 15.1. The van der Waals surface area contributed by atoms with Gasteiger partial charge in [-0.1, -0.05) is 5.16 Å². The molecule has 0 spiro atoms. The number of likely N-dealkylation sites (tertiary alicyclic amines) is 1. The molecular formula is C18H22F3N5O. The van der Waals surface area contributed by atoms with E-state index in [4.69, 9.17) is 4.52 Å². The summed E-state index contributed by atoms with van der Waals surface area (Å²) < 4.78 is 44.3. The maximum atomic E-state index is 13.0. The molecule has 27 heavy (non-hydrogen) atoms.